The zero-order chi connectivity index (χ0) is 26.1. The molecule has 0 fully saturated rings. The van der Waals surface area contributed by atoms with Gasteiger partial charge in [-0.05, 0) is 41.6 Å². The molecule has 0 spiro atoms. The van der Waals surface area contributed by atoms with Crippen LogP contribution in [0.4, 0.5) is 0 Å². The normalized spacial score (nSPS) is 14.3. The van der Waals surface area contributed by atoms with Crippen molar-refractivity contribution in [3.8, 4) is 28.7 Å². The highest BCUT2D eigenvalue weighted by atomic mass is 35.5. The van der Waals surface area contributed by atoms with E-state index in [1.54, 1.807) is 14.2 Å². The van der Waals surface area contributed by atoms with Crippen molar-refractivity contribution in [2.24, 2.45) is 0 Å². The van der Waals surface area contributed by atoms with Crippen LogP contribution in [0.15, 0.2) is 82.5 Å². The quantitative estimate of drug-likeness (QED) is 0.218. The van der Waals surface area contributed by atoms with Gasteiger partial charge in [-0.2, -0.15) is 0 Å². The number of benzene rings is 3. The Labute approximate surface area is 228 Å². The third kappa shape index (κ3) is 5.00. The molecule has 8 nitrogen and oxygen atoms in total. The molecule has 1 N–H and O–H groups in total. The fourth-order valence-electron chi connectivity index (χ4n) is 4.10. The molecule has 0 saturated carbocycles. The molecule has 3 aromatic carbocycles. The van der Waals surface area contributed by atoms with Gasteiger partial charge < -0.3 is 23.4 Å². The maximum Gasteiger partial charge on any atom is 0.196 e. The fourth-order valence-corrected chi connectivity index (χ4v) is 5.12. The number of nitrogens with zero attached hydrogens (tertiary/aromatic N) is 2. The number of aromatic nitrogens is 2. The number of furan rings is 1. The minimum Gasteiger partial charge on any atom is -0.496 e. The monoisotopic (exact) mass is 549 g/mol. The first-order chi connectivity index (χ1) is 18.6. The molecule has 6 rings (SSSR count). The average Bonchev–Trinajstić information content (AvgIpc) is 3.64. The molecule has 0 saturated heterocycles. The number of halogens is 1. The summed E-state index contributed by atoms with van der Waals surface area (Å²) in [5.41, 5.74) is 6.28. The van der Waals surface area contributed by atoms with Gasteiger partial charge in [0.25, 0.3) is 0 Å². The molecule has 1 atom stereocenters. The predicted molar refractivity (Wildman–Crippen MR) is 147 cm³/mol. The molecular weight excluding hydrogens is 526 g/mol. The molecule has 2 aromatic heterocycles. The zero-order valence-electron chi connectivity index (χ0n) is 20.6. The SMILES string of the molecule is COc1cc(OCc2cccc(OCc3ccccc3Cl)c2)c2cc(-c3cn4c(n3)SC(OC)N4)oc2c1. The van der Waals surface area contributed by atoms with E-state index in [0.29, 0.717) is 46.8 Å². The molecule has 1 unspecified atom stereocenters. The van der Waals surface area contributed by atoms with Crippen LogP contribution in [0.2, 0.25) is 5.02 Å². The second kappa shape index (κ2) is 10.5. The summed E-state index contributed by atoms with van der Waals surface area (Å²) in [6.45, 7) is 0.722. The third-order valence-electron chi connectivity index (χ3n) is 6.05. The third-order valence-corrected chi connectivity index (χ3v) is 7.43. The van der Waals surface area contributed by atoms with Gasteiger partial charge in [0, 0.05) is 29.8 Å². The van der Waals surface area contributed by atoms with E-state index in [2.05, 4.69) is 10.4 Å². The van der Waals surface area contributed by atoms with Gasteiger partial charge in [0.2, 0.25) is 0 Å². The number of fused-ring (bicyclic) bond motifs is 2. The average molecular weight is 550 g/mol. The molecule has 0 radical (unpaired) electrons. The van der Waals surface area contributed by atoms with E-state index < -0.39 is 0 Å². The highest BCUT2D eigenvalue weighted by Gasteiger charge is 2.25. The first kappa shape index (κ1) is 24.5. The number of rotatable bonds is 9. The first-order valence-corrected chi connectivity index (χ1v) is 13.1. The van der Waals surface area contributed by atoms with Crippen LogP contribution in [0.25, 0.3) is 22.4 Å². The lowest BCUT2D eigenvalue weighted by atomic mass is 10.2. The lowest BCUT2D eigenvalue weighted by molar-refractivity contribution is 0.187. The highest BCUT2D eigenvalue weighted by Crippen LogP contribution is 2.38. The van der Waals surface area contributed by atoms with Crippen molar-refractivity contribution in [1.29, 1.82) is 0 Å². The summed E-state index contributed by atoms with van der Waals surface area (Å²) in [6, 6.07) is 21.1. The van der Waals surface area contributed by atoms with Crippen LogP contribution in [0.3, 0.4) is 0 Å². The largest absolute Gasteiger partial charge is 0.496 e. The first-order valence-electron chi connectivity index (χ1n) is 11.8. The zero-order valence-corrected chi connectivity index (χ0v) is 22.2. The maximum atomic E-state index is 6.25. The second-order valence-corrected chi connectivity index (χ2v) is 9.99. The van der Waals surface area contributed by atoms with Crippen LogP contribution in [0.5, 0.6) is 17.2 Å². The maximum absolute atomic E-state index is 6.25. The van der Waals surface area contributed by atoms with E-state index in [1.165, 1.54) is 11.8 Å². The Balaban J connectivity index is 1.20. The van der Waals surface area contributed by atoms with E-state index >= 15 is 0 Å². The molecule has 0 aliphatic carbocycles. The van der Waals surface area contributed by atoms with Gasteiger partial charge in [0.15, 0.2) is 16.5 Å². The summed E-state index contributed by atoms with van der Waals surface area (Å²) in [6.07, 6.45) is 1.88. The summed E-state index contributed by atoms with van der Waals surface area (Å²) in [5, 5.41) is 2.32. The van der Waals surface area contributed by atoms with Crippen molar-refractivity contribution in [3.63, 3.8) is 0 Å². The number of imidazole rings is 1. The molecule has 194 valence electrons. The van der Waals surface area contributed by atoms with Crippen molar-refractivity contribution < 1.29 is 23.4 Å². The van der Waals surface area contributed by atoms with Crippen LogP contribution in [0.1, 0.15) is 11.1 Å². The summed E-state index contributed by atoms with van der Waals surface area (Å²) in [5.74, 6) is 2.65. The smallest absolute Gasteiger partial charge is 0.196 e. The minimum atomic E-state index is -0.161. The number of nitrogens with one attached hydrogen (secondary N) is 1. The summed E-state index contributed by atoms with van der Waals surface area (Å²) >= 11 is 7.74. The standard InChI is InChI=1S/C28H24ClN3O5S/c1-33-20-11-24(36-15-17-6-5-8-19(10-17)35-16-18-7-3-4-9-22(18)29)21-13-26(37-25(21)12-20)23-14-32-27(30-23)38-28(31-32)34-2/h3-14,28,31H,15-16H2,1-2H3. The number of thioether (sulfide) groups is 1. The molecule has 0 bridgehead atoms. The number of ether oxygens (including phenoxy) is 4. The lowest BCUT2D eigenvalue weighted by Crippen LogP contribution is -2.19. The highest BCUT2D eigenvalue weighted by molar-refractivity contribution is 7.99. The van der Waals surface area contributed by atoms with Crippen LogP contribution in [0, 0.1) is 0 Å². The van der Waals surface area contributed by atoms with Crippen molar-refractivity contribution in [2.75, 3.05) is 19.6 Å². The predicted octanol–water partition coefficient (Wildman–Crippen LogP) is 6.70. The number of hydrogen-bond acceptors (Lipinski definition) is 8. The lowest BCUT2D eigenvalue weighted by Gasteiger charge is -2.11. The van der Waals surface area contributed by atoms with E-state index in [0.717, 1.165) is 27.4 Å². The summed E-state index contributed by atoms with van der Waals surface area (Å²) < 4.78 is 31.0. The molecule has 1 aliphatic rings. The van der Waals surface area contributed by atoms with Crippen molar-refractivity contribution in [1.82, 2.24) is 9.66 Å². The Kier molecular flexibility index (Phi) is 6.80. The minimum absolute atomic E-state index is 0.161. The van der Waals surface area contributed by atoms with Gasteiger partial charge in [-0.1, -0.05) is 41.9 Å². The Morgan fingerprint density at radius 1 is 1.00 bits per heavy atom. The molecule has 0 amide bonds. The number of methoxy groups -OCH3 is 2. The van der Waals surface area contributed by atoms with Crippen molar-refractivity contribution >= 4 is 34.3 Å². The van der Waals surface area contributed by atoms with Gasteiger partial charge >= 0.3 is 0 Å². The Hall–Kier alpha value is -3.79. The fraction of sp³-hybridized carbons (Fsp3) is 0.179. The molecule has 38 heavy (non-hydrogen) atoms. The Morgan fingerprint density at radius 3 is 2.71 bits per heavy atom. The second-order valence-electron chi connectivity index (χ2n) is 8.56. The van der Waals surface area contributed by atoms with Crippen LogP contribution in [-0.2, 0) is 18.0 Å². The molecular formula is C28H24ClN3O5S. The van der Waals surface area contributed by atoms with Gasteiger partial charge in [0.1, 0.15) is 41.7 Å². The Bertz CT molecular complexity index is 1580. The van der Waals surface area contributed by atoms with Crippen molar-refractivity contribution in [3.05, 3.63) is 89.1 Å². The van der Waals surface area contributed by atoms with Gasteiger partial charge in [0.05, 0.1) is 18.7 Å². The summed E-state index contributed by atoms with van der Waals surface area (Å²) in [7, 11) is 3.26. The van der Waals surface area contributed by atoms with Crippen LogP contribution in [-0.4, -0.2) is 29.4 Å². The van der Waals surface area contributed by atoms with Crippen LogP contribution < -0.4 is 19.6 Å². The molecule has 5 aromatic rings. The van der Waals surface area contributed by atoms with Gasteiger partial charge in [-0.25, -0.2) is 9.66 Å². The molecule has 10 heteroatoms. The molecule has 1 aliphatic heterocycles. The topological polar surface area (TPSA) is 79.9 Å². The molecule has 3 heterocycles. The van der Waals surface area contributed by atoms with Gasteiger partial charge in [-0.15, -0.1) is 0 Å². The van der Waals surface area contributed by atoms with Crippen LogP contribution >= 0.6 is 23.4 Å². The number of hydrogen-bond donors (Lipinski definition) is 1. The van der Waals surface area contributed by atoms with E-state index in [9.17, 15) is 0 Å². The van der Waals surface area contributed by atoms with E-state index in [-0.39, 0.29) is 5.56 Å². The van der Waals surface area contributed by atoms with E-state index in [1.807, 2.05) is 77.6 Å². The Morgan fingerprint density at radius 2 is 1.89 bits per heavy atom. The van der Waals surface area contributed by atoms with E-state index in [4.69, 9.17) is 35.0 Å². The van der Waals surface area contributed by atoms with Gasteiger partial charge in [-0.3, -0.25) is 5.43 Å². The van der Waals surface area contributed by atoms with Crippen molar-refractivity contribution in [2.45, 2.75) is 23.9 Å². The summed E-state index contributed by atoms with van der Waals surface area (Å²) in [4.78, 5) is 4.67.